The fraction of sp³-hybridized carbons (Fsp3) is 0.625. The highest BCUT2D eigenvalue weighted by molar-refractivity contribution is 5.85. The Morgan fingerprint density at radius 2 is 1.90 bits per heavy atom. The summed E-state index contributed by atoms with van der Waals surface area (Å²) in [6.45, 7) is 3.30. The van der Waals surface area contributed by atoms with Crippen molar-refractivity contribution in [3.05, 3.63) is 35.4 Å². The Morgan fingerprint density at radius 3 is 2.45 bits per heavy atom. The van der Waals surface area contributed by atoms with Crippen LogP contribution in [-0.2, 0) is 16.0 Å². The number of benzene rings is 1. The highest BCUT2D eigenvalue weighted by Gasteiger charge is 2.42. The number of fused-ring (bicyclic) bond motifs is 2. The molecule has 1 amide bonds. The second-order valence-electron chi connectivity index (χ2n) is 9.14. The molecule has 5 heteroatoms. The molecule has 1 N–H and O–H groups in total. The van der Waals surface area contributed by atoms with Gasteiger partial charge in [-0.1, -0.05) is 24.3 Å². The maximum absolute atomic E-state index is 12.7. The Kier molecular flexibility index (Phi) is 6.01. The van der Waals surface area contributed by atoms with Crippen LogP contribution in [0, 0.1) is 23.2 Å². The van der Waals surface area contributed by atoms with Gasteiger partial charge in [-0.05, 0) is 61.5 Å². The quantitative estimate of drug-likeness (QED) is 0.806. The van der Waals surface area contributed by atoms with Crippen LogP contribution in [-0.4, -0.2) is 41.8 Å². The van der Waals surface area contributed by atoms with Crippen LogP contribution in [0.1, 0.15) is 62.5 Å². The number of nitrogens with one attached hydrogen (secondary N) is 1. The summed E-state index contributed by atoms with van der Waals surface area (Å²) >= 11 is 0. The normalized spacial score (nSPS) is 27.6. The lowest BCUT2D eigenvalue weighted by Gasteiger charge is -2.31. The predicted octanol–water partition coefficient (Wildman–Crippen LogP) is 3.19. The summed E-state index contributed by atoms with van der Waals surface area (Å²) in [7, 11) is 0. The van der Waals surface area contributed by atoms with Gasteiger partial charge in [0.15, 0.2) is 5.78 Å². The summed E-state index contributed by atoms with van der Waals surface area (Å²) in [5.74, 6) is 1.11. The third kappa shape index (κ3) is 4.53. The third-order valence-electron chi connectivity index (χ3n) is 7.21. The van der Waals surface area contributed by atoms with Crippen LogP contribution >= 0.6 is 0 Å². The Balaban J connectivity index is 1.30. The largest absolute Gasteiger partial charge is 0.343 e. The van der Waals surface area contributed by atoms with Crippen LogP contribution < -0.4 is 5.32 Å². The van der Waals surface area contributed by atoms with Crippen LogP contribution in [0.5, 0.6) is 0 Å². The van der Waals surface area contributed by atoms with Gasteiger partial charge in [-0.2, -0.15) is 5.26 Å². The number of nitrogens with zero attached hydrogens (tertiary/aromatic N) is 2. The number of hydrogen-bond acceptors (Lipinski definition) is 4. The molecule has 2 heterocycles. The number of piperidine rings is 2. The van der Waals surface area contributed by atoms with Gasteiger partial charge in [0.2, 0.25) is 5.91 Å². The maximum atomic E-state index is 12.7. The van der Waals surface area contributed by atoms with Crippen LogP contribution in [0.4, 0.5) is 0 Å². The fourth-order valence-corrected chi connectivity index (χ4v) is 5.49. The average Bonchev–Trinajstić information content (AvgIpc) is 3.37. The summed E-state index contributed by atoms with van der Waals surface area (Å²) in [6.07, 6.45) is 6.46. The zero-order valence-corrected chi connectivity index (χ0v) is 17.3. The van der Waals surface area contributed by atoms with E-state index in [4.69, 9.17) is 0 Å². The molecule has 2 aliphatic heterocycles. The van der Waals surface area contributed by atoms with Gasteiger partial charge in [-0.3, -0.25) is 9.59 Å². The molecule has 0 unspecified atom stereocenters. The molecule has 2 saturated heterocycles. The number of likely N-dealkylation sites (tertiary alicyclic amines) is 1. The van der Waals surface area contributed by atoms with Gasteiger partial charge in [-0.25, -0.2) is 0 Å². The van der Waals surface area contributed by atoms with Crippen LogP contribution in [0.2, 0.25) is 0 Å². The summed E-state index contributed by atoms with van der Waals surface area (Å²) in [5, 5.41) is 13.0. The molecule has 4 atom stereocenters. The van der Waals surface area contributed by atoms with E-state index >= 15 is 0 Å². The number of nitriles is 1. The van der Waals surface area contributed by atoms with E-state index in [0.717, 1.165) is 44.3 Å². The molecule has 29 heavy (non-hydrogen) atoms. The maximum Gasteiger partial charge on any atom is 0.219 e. The van der Waals surface area contributed by atoms with E-state index in [1.165, 1.54) is 12.0 Å². The van der Waals surface area contributed by atoms with E-state index in [1.54, 1.807) is 6.92 Å². The molecule has 0 radical (unpaired) electrons. The second-order valence-corrected chi connectivity index (χ2v) is 9.14. The molecule has 2 bridgehead atoms. The van der Waals surface area contributed by atoms with Crippen molar-refractivity contribution in [1.82, 2.24) is 10.2 Å². The molecular weight excluding hydrogens is 362 g/mol. The molecule has 154 valence electrons. The molecule has 0 spiro atoms. The first-order valence-electron chi connectivity index (χ1n) is 11.1. The van der Waals surface area contributed by atoms with Crippen LogP contribution in [0.25, 0.3) is 0 Å². The Morgan fingerprint density at radius 1 is 1.17 bits per heavy atom. The molecule has 0 aromatic heterocycles. The SMILES string of the molecule is CC(=O)N1CCC(c2ccc(C[C@@H](C#N)CC(=O)[C@H]3N[C@@H]4CC[C@H]3C4)cc2)CC1. The monoisotopic (exact) mass is 393 g/mol. The Labute approximate surface area is 173 Å². The minimum Gasteiger partial charge on any atom is -0.343 e. The molecule has 1 aliphatic carbocycles. The number of carbonyl (C=O) groups is 2. The summed E-state index contributed by atoms with van der Waals surface area (Å²) in [4.78, 5) is 26.1. The van der Waals surface area contributed by atoms with Gasteiger partial charge in [0, 0.05) is 32.5 Å². The lowest BCUT2D eigenvalue weighted by Crippen LogP contribution is -2.42. The van der Waals surface area contributed by atoms with Crippen molar-refractivity contribution in [2.75, 3.05) is 13.1 Å². The van der Waals surface area contributed by atoms with Gasteiger partial charge in [0.25, 0.3) is 0 Å². The zero-order chi connectivity index (χ0) is 20.4. The fourth-order valence-electron chi connectivity index (χ4n) is 5.49. The van der Waals surface area contributed by atoms with Gasteiger partial charge in [-0.15, -0.1) is 0 Å². The second kappa shape index (κ2) is 8.67. The van der Waals surface area contributed by atoms with Crippen LogP contribution in [0.15, 0.2) is 24.3 Å². The molecule has 3 aliphatic rings. The first-order chi connectivity index (χ1) is 14.0. The first-order valence-corrected chi connectivity index (χ1v) is 11.1. The minimum atomic E-state index is -0.256. The van der Waals surface area contributed by atoms with Crippen LogP contribution in [0.3, 0.4) is 0 Å². The predicted molar refractivity (Wildman–Crippen MR) is 111 cm³/mol. The van der Waals surface area contributed by atoms with E-state index in [-0.39, 0.29) is 23.7 Å². The van der Waals surface area contributed by atoms with E-state index in [0.29, 0.717) is 30.7 Å². The lowest BCUT2D eigenvalue weighted by atomic mass is 9.86. The molecule has 1 aromatic rings. The number of carbonyl (C=O) groups excluding carboxylic acids is 2. The first kappa shape index (κ1) is 20.1. The highest BCUT2D eigenvalue weighted by Crippen LogP contribution is 2.36. The zero-order valence-electron chi connectivity index (χ0n) is 17.3. The highest BCUT2D eigenvalue weighted by atomic mass is 16.2. The summed E-state index contributed by atoms with van der Waals surface area (Å²) < 4.78 is 0. The minimum absolute atomic E-state index is 0.0205. The standard InChI is InChI=1S/C24H31N3O2/c1-16(28)27-10-8-20(9-11-27)19-4-2-17(3-5-19)12-18(15-25)13-23(29)24-21-6-7-22(14-21)26-24/h2-5,18,20-22,24,26H,6-14H2,1H3/t18-,21+,22-,24+/m1/s1. The molecule has 4 rings (SSSR count). The van der Waals surface area contributed by atoms with Crippen molar-refractivity contribution in [2.24, 2.45) is 11.8 Å². The number of hydrogen-bond donors (Lipinski definition) is 1. The van der Waals surface area contributed by atoms with E-state index < -0.39 is 0 Å². The van der Waals surface area contributed by atoms with E-state index in [1.807, 2.05) is 4.90 Å². The number of amides is 1. The van der Waals surface area contributed by atoms with Crippen molar-refractivity contribution in [3.63, 3.8) is 0 Å². The number of rotatable bonds is 6. The Bertz CT molecular complexity index is 789. The van der Waals surface area contributed by atoms with Gasteiger partial charge >= 0.3 is 0 Å². The average molecular weight is 394 g/mol. The molecule has 1 aromatic carbocycles. The van der Waals surface area contributed by atoms with Crippen molar-refractivity contribution in [3.8, 4) is 6.07 Å². The molecule has 1 saturated carbocycles. The summed E-state index contributed by atoms with van der Waals surface area (Å²) in [5.41, 5.74) is 2.43. The summed E-state index contributed by atoms with van der Waals surface area (Å²) in [6, 6.07) is 11.4. The van der Waals surface area contributed by atoms with Crippen molar-refractivity contribution < 1.29 is 9.59 Å². The lowest BCUT2D eigenvalue weighted by molar-refractivity contribution is -0.129. The van der Waals surface area contributed by atoms with E-state index in [9.17, 15) is 14.9 Å². The smallest absolute Gasteiger partial charge is 0.219 e. The third-order valence-corrected chi connectivity index (χ3v) is 7.21. The molecular formula is C24H31N3O2. The topological polar surface area (TPSA) is 73.2 Å². The van der Waals surface area contributed by atoms with Crippen molar-refractivity contribution >= 4 is 11.7 Å². The van der Waals surface area contributed by atoms with Gasteiger partial charge in [0.1, 0.15) is 0 Å². The van der Waals surface area contributed by atoms with Gasteiger partial charge in [0.05, 0.1) is 18.0 Å². The number of Topliss-reactive ketones (excluding diaryl/α,β-unsaturated/α-hetero) is 1. The Hall–Kier alpha value is -2.19. The van der Waals surface area contributed by atoms with Crippen molar-refractivity contribution in [2.45, 2.75) is 69.9 Å². The van der Waals surface area contributed by atoms with Crippen molar-refractivity contribution in [1.29, 1.82) is 5.26 Å². The molecule has 3 fully saturated rings. The molecule has 5 nitrogen and oxygen atoms in total. The number of ketones is 1. The van der Waals surface area contributed by atoms with Gasteiger partial charge < -0.3 is 10.2 Å². The van der Waals surface area contributed by atoms with E-state index in [2.05, 4.69) is 35.7 Å².